The molecule has 0 heterocycles. The Morgan fingerprint density at radius 1 is 1.06 bits per heavy atom. The Balaban J connectivity index is 0.000000281. The molecular weight excluding hydrogens is 200 g/mol. The number of unbranched alkanes of at least 4 members (excludes halogenated alkanes) is 1. The van der Waals surface area contributed by atoms with Crippen LogP contribution < -0.4 is 0 Å². The van der Waals surface area contributed by atoms with Gasteiger partial charge in [-0.15, -0.1) is 0 Å². The molecule has 92 valence electrons. The van der Waals surface area contributed by atoms with Crippen molar-refractivity contribution < 1.29 is 9.84 Å². The van der Waals surface area contributed by atoms with Gasteiger partial charge in [0.2, 0.25) is 0 Å². The van der Waals surface area contributed by atoms with E-state index in [-0.39, 0.29) is 6.61 Å². The summed E-state index contributed by atoms with van der Waals surface area (Å²) in [5.74, 6) is 0. The summed E-state index contributed by atoms with van der Waals surface area (Å²) < 4.78 is 4.97. The first-order valence-electron chi connectivity index (χ1n) is 6.07. The summed E-state index contributed by atoms with van der Waals surface area (Å²) in [6, 6.07) is 10.5. The SMILES string of the molecule is CCCCOCCO.CCc1ccccc1. The van der Waals surface area contributed by atoms with Gasteiger partial charge in [-0.3, -0.25) is 0 Å². The van der Waals surface area contributed by atoms with Crippen molar-refractivity contribution in [2.75, 3.05) is 19.8 Å². The first kappa shape index (κ1) is 15.1. The highest BCUT2D eigenvalue weighted by molar-refractivity contribution is 5.13. The Labute approximate surface area is 99.3 Å². The lowest BCUT2D eigenvalue weighted by Crippen LogP contribution is -1.99. The van der Waals surface area contributed by atoms with Crippen molar-refractivity contribution in [1.82, 2.24) is 0 Å². The average Bonchev–Trinajstić information content (AvgIpc) is 2.36. The molecule has 0 aliphatic rings. The van der Waals surface area contributed by atoms with Gasteiger partial charge in [0, 0.05) is 6.61 Å². The first-order valence-corrected chi connectivity index (χ1v) is 6.07. The average molecular weight is 224 g/mol. The summed E-state index contributed by atoms with van der Waals surface area (Å²) in [6.07, 6.45) is 3.40. The number of hydrogen-bond donors (Lipinski definition) is 1. The lowest BCUT2D eigenvalue weighted by atomic mass is 10.2. The molecule has 1 rings (SSSR count). The second kappa shape index (κ2) is 12.2. The van der Waals surface area contributed by atoms with Crippen molar-refractivity contribution in [2.45, 2.75) is 33.1 Å². The molecule has 0 aliphatic heterocycles. The van der Waals surface area contributed by atoms with E-state index in [4.69, 9.17) is 9.84 Å². The molecule has 16 heavy (non-hydrogen) atoms. The van der Waals surface area contributed by atoms with Gasteiger partial charge in [-0.2, -0.15) is 0 Å². The van der Waals surface area contributed by atoms with Gasteiger partial charge in [0.05, 0.1) is 13.2 Å². The van der Waals surface area contributed by atoms with E-state index in [0.717, 1.165) is 25.9 Å². The minimum atomic E-state index is 0.143. The van der Waals surface area contributed by atoms with Gasteiger partial charge in [0.15, 0.2) is 0 Å². The van der Waals surface area contributed by atoms with Gasteiger partial charge in [-0.25, -0.2) is 0 Å². The van der Waals surface area contributed by atoms with Crippen LogP contribution in [0.3, 0.4) is 0 Å². The number of benzene rings is 1. The molecule has 0 saturated carbocycles. The fraction of sp³-hybridized carbons (Fsp3) is 0.571. The van der Waals surface area contributed by atoms with E-state index < -0.39 is 0 Å². The van der Waals surface area contributed by atoms with Gasteiger partial charge >= 0.3 is 0 Å². The summed E-state index contributed by atoms with van der Waals surface area (Å²) >= 11 is 0. The van der Waals surface area contributed by atoms with Crippen molar-refractivity contribution in [3.8, 4) is 0 Å². The Morgan fingerprint density at radius 2 is 1.75 bits per heavy atom. The molecule has 0 aromatic heterocycles. The second-order valence-electron chi connectivity index (χ2n) is 3.53. The Morgan fingerprint density at radius 3 is 2.19 bits per heavy atom. The Hall–Kier alpha value is -0.860. The molecule has 0 aliphatic carbocycles. The number of hydrogen-bond acceptors (Lipinski definition) is 2. The molecule has 0 bridgehead atoms. The van der Waals surface area contributed by atoms with E-state index in [1.807, 2.05) is 6.07 Å². The zero-order valence-corrected chi connectivity index (χ0v) is 10.5. The topological polar surface area (TPSA) is 29.5 Å². The number of aryl methyl sites for hydroxylation is 1. The highest BCUT2D eigenvalue weighted by atomic mass is 16.5. The molecule has 0 fully saturated rings. The summed E-state index contributed by atoms with van der Waals surface area (Å²) in [6.45, 7) is 5.69. The van der Waals surface area contributed by atoms with E-state index in [0.29, 0.717) is 6.61 Å². The van der Waals surface area contributed by atoms with Crippen LogP contribution in [0.2, 0.25) is 0 Å². The predicted molar refractivity (Wildman–Crippen MR) is 68.6 cm³/mol. The summed E-state index contributed by atoms with van der Waals surface area (Å²) in [5.41, 5.74) is 1.41. The summed E-state index contributed by atoms with van der Waals surface area (Å²) in [5, 5.41) is 8.24. The van der Waals surface area contributed by atoms with Crippen LogP contribution in [0.4, 0.5) is 0 Å². The molecular formula is C14H24O2. The normalized spacial score (nSPS) is 9.44. The van der Waals surface area contributed by atoms with Crippen molar-refractivity contribution >= 4 is 0 Å². The molecule has 1 aromatic carbocycles. The lowest BCUT2D eigenvalue weighted by Gasteiger charge is -1.97. The van der Waals surface area contributed by atoms with Gasteiger partial charge in [0.25, 0.3) is 0 Å². The zero-order valence-electron chi connectivity index (χ0n) is 10.5. The van der Waals surface area contributed by atoms with Crippen LogP contribution in [-0.4, -0.2) is 24.9 Å². The van der Waals surface area contributed by atoms with Crippen LogP contribution in [-0.2, 0) is 11.2 Å². The maximum absolute atomic E-state index is 8.24. The minimum Gasteiger partial charge on any atom is -0.394 e. The summed E-state index contributed by atoms with van der Waals surface area (Å²) in [4.78, 5) is 0. The third kappa shape index (κ3) is 9.69. The van der Waals surface area contributed by atoms with E-state index in [9.17, 15) is 0 Å². The molecule has 1 N–H and O–H groups in total. The van der Waals surface area contributed by atoms with Gasteiger partial charge in [-0.05, 0) is 18.4 Å². The van der Waals surface area contributed by atoms with Gasteiger partial charge < -0.3 is 9.84 Å². The number of aliphatic hydroxyl groups is 1. The van der Waals surface area contributed by atoms with Crippen LogP contribution in [0, 0.1) is 0 Å². The molecule has 2 nitrogen and oxygen atoms in total. The zero-order chi connectivity index (χ0) is 12.1. The molecule has 0 unspecified atom stereocenters. The van der Waals surface area contributed by atoms with Crippen molar-refractivity contribution in [2.24, 2.45) is 0 Å². The third-order valence-corrected chi connectivity index (χ3v) is 2.13. The fourth-order valence-corrected chi connectivity index (χ4v) is 1.13. The van der Waals surface area contributed by atoms with Crippen LogP contribution in [0.15, 0.2) is 30.3 Å². The third-order valence-electron chi connectivity index (χ3n) is 2.13. The quantitative estimate of drug-likeness (QED) is 0.753. The van der Waals surface area contributed by atoms with E-state index in [1.165, 1.54) is 5.56 Å². The highest BCUT2D eigenvalue weighted by Gasteiger charge is 1.82. The predicted octanol–water partition coefficient (Wildman–Crippen LogP) is 3.04. The van der Waals surface area contributed by atoms with Crippen LogP contribution in [0.25, 0.3) is 0 Å². The lowest BCUT2D eigenvalue weighted by molar-refractivity contribution is 0.0904. The molecule has 0 radical (unpaired) electrons. The molecule has 0 spiro atoms. The standard InChI is InChI=1S/C8H10.C6H14O2/c1-2-8-6-4-3-5-7-8;1-2-3-5-8-6-4-7/h3-7H,2H2,1H3;7H,2-6H2,1H3. The molecule has 2 heteroatoms. The molecule has 0 saturated heterocycles. The van der Waals surface area contributed by atoms with Crippen molar-refractivity contribution in [3.63, 3.8) is 0 Å². The largest absolute Gasteiger partial charge is 0.394 e. The van der Waals surface area contributed by atoms with Crippen molar-refractivity contribution in [3.05, 3.63) is 35.9 Å². The Kier molecular flexibility index (Phi) is 11.6. The molecule has 0 atom stereocenters. The molecule has 1 aromatic rings. The monoisotopic (exact) mass is 224 g/mol. The summed E-state index contributed by atoms with van der Waals surface area (Å²) in [7, 11) is 0. The van der Waals surface area contributed by atoms with Crippen LogP contribution in [0.5, 0.6) is 0 Å². The number of aliphatic hydroxyl groups excluding tert-OH is 1. The Bertz CT molecular complexity index is 215. The molecule has 0 amide bonds. The van der Waals surface area contributed by atoms with E-state index >= 15 is 0 Å². The maximum Gasteiger partial charge on any atom is 0.0697 e. The van der Waals surface area contributed by atoms with Gasteiger partial charge in [0.1, 0.15) is 0 Å². The fourth-order valence-electron chi connectivity index (χ4n) is 1.13. The van der Waals surface area contributed by atoms with E-state index in [1.54, 1.807) is 0 Å². The first-order chi connectivity index (χ1) is 7.85. The second-order valence-corrected chi connectivity index (χ2v) is 3.53. The van der Waals surface area contributed by atoms with E-state index in [2.05, 4.69) is 38.1 Å². The number of rotatable bonds is 6. The van der Waals surface area contributed by atoms with Crippen molar-refractivity contribution in [1.29, 1.82) is 0 Å². The van der Waals surface area contributed by atoms with Gasteiger partial charge in [-0.1, -0.05) is 50.6 Å². The van der Waals surface area contributed by atoms with Crippen LogP contribution in [0.1, 0.15) is 32.3 Å². The van der Waals surface area contributed by atoms with Crippen LogP contribution >= 0.6 is 0 Å². The maximum atomic E-state index is 8.24. The smallest absolute Gasteiger partial charge is 0.0697 e. The highest BCUT2D eigenvalue weighted by Crippen LogP contribution is 1.96. The minimum absolute atomic E-state index is 0.143. The number of ether oxygens (including phenoxy) is 1.